The van der Waals surface area contributed by atoms with E-state index in [0.717, 1.165) is 5.92 Å². The molecule has 0 aliphatic carbocycles. The highest BCUT2D eigenvalue weighted by atomic mass is 15.1. The molecule has 94 valence electrons. The molecule has 1 aliphatic heterocycles. The molecule has 0 aromatic carbocycles. The van der Waals surface area contributed by atoms with E-state index in [4.69, 9.17) is 11.8 Å². The summed E-state index contributed by atoms with van der Waals surface area (Å²) in [6, 6.07) is 0. The third-order valence-electron chi connectivity index (χ3n) is 3.64. The van der Waals surface area contributed by atoms with E-state index in [1.165, 1.54) is 64.6 Å². The van der Waals surface area contributed by atoms with Crippen LogP contribution < -0.4 is 4.90 Å². The molecule has 0 unspecified atom stereocenters. The summed E-state index contributed by atoms with van der Waals surface area (Å²) in [5.41, 5.74) is 0. The molecule has 0 aromatic heterocycles. The fraction of sp³-hybridized carbons (Fsp3) is 0.929. The normalized spacial score (nSPS) is 24.5. The Hall–Kier alpha value is -0.550. The van der Waals surface area contributed by atoms with E-state index >= 15 is 0 Å². The topological polar surface area (TPSA) is 28.2 Å². The van der Waals surface area contributed by atoms with Gasteiger partial charge in [0.05, 0.1) is 19.6 Å². The highest BCUT2D eigenvalue weighted by molar-refractivity contribution is 4.61. The summed E-state index contributed by atoms with van der Waals surface area (Å²) in [5, 5.41) is 6.25. The molecule has 1 N–H and O–H groups in total. The van der Waals surface area contributed by atoms with Crippen molar-refractivity contribution in [1.82, 2.24) is 0 Å². The summed E-state index contributed by atoms with van der Waals surface area (Å²) in [5.74, 6) is 1.06. The Labute approximate surface area is 102 Å². The van der Waals surface area contributed by atoms with Gasteiger partial charge in [0, 0.05) is 0 Å². The lowest BCUT2D eigenvalue weighted by molar-refractivity contribution is -0.906. The maximum Gasteiger partial charge on any atom is 0.0773 e. The number of likely N-dealkylation sites (tertiary alicyclic amines) is 1. The molecule has 1 rings (SSSR count). The van der Waals surface area contributed by atoms with Crippen LogP contribution in [-0.4, -0.2) is 19.6 Å². The zero-order valence-electron chi connectivity index (χ0n) is 11.1. The Morgan fingerprint density at radius 1 is 1.06 bits per heavy atom. The third-order valence-corrected chi connectivity index (χ3v) is 3.64. The quantitative estimate of drug-likeness (QED) is 0.544. The zero-order chi connectivity index (χ0) is 12.2. The standard InChI is InChI=1S/C13H27N.CN/c1-3-5-6-10-14-11-8-13(7-4-2)9-12-14;1-2/h13H,3-12H2,1-2H3;/q;-1/p+1. The van der Waals surface area contributed by atoms with E-state index in [9.17, 15) is 0 Å². The third kappa shape index (κ3) is 6.85. The van der Waals surface area contributed by atoms with Gasteiger partial charge in [0.2, 0.25) is 0 Å². The molecule has 1 saturated heterocycles. The molecule has 16 heavy (non-hydrogen) atoms. The minimum Gasteiger partial charge on any atom is -0.512 e. The first-order valence-electron chi connectivity index (χ1n) is 6.92. The van der Waals surface area contributed by atoms with Crippen molar-refractivity contribution >= 4 is 0 Å². The van der Waals surface area contributed by atoms with Crippen LogP contribution in [0.1, 0.15) is 58.8 Å². The van der Waals surface area contributed by atoms with Gasteiger partial charge < -0.3 is 16.7 Å². The van der Waals surface area contributed by atoms with Crippen LogP contribution >= 0.6 is 0 Å². The lowest BCUT2D eigenvalue weighted by atomic mass is 9.92. The summed E-state index contributed by atoms with van der Waals surface area (Å²) >= 11 is 0. The largest absolute Gasteiger partial charge is 0.512 e. The molecule has 0 amide bonds. The van der Waals surface area contributed by atoms with Crippen molar-refractivity contribution in [2.75, 3.05) is 19.6 Å². The van der Waals surface area contributed by atoms with Gasteiger partial charge in [0.1, 0.15) is 0 Å². The van der Waals surface area contributed by atoms with Gasteiger partial charge >= 0.3 is 0 Å². The summed E-state index contributed by atoms with van der Waals surface area (Å²) in [6.45, 7) is 13.7. The Morgan fingerprint density at radius 3 is 2.19 bits per heavy atom. The lowest BCUT2D eigenvalue weighted by Gasteiger charge is -2.29. The first-order valence-corrected chi connectivity index (χ1v) is 6.92. The minimum atomic E-state index is 1.06. The zero-order valence-corrected chi connectivity index (χ0v) is 11.1. The van der Waals surface area contributed by atoms with Crippen LogP contribution in [0, 0.1) is 17.8 Å². The molecule has 2 nitrogen and oxygen atoms in total. The molecule has 1 heterocycles. The van der Waals surface area contributed by atoms with Gasteiger partial charge in [-0.25, -0.2) is 0 Å². The van der Waals surface area contributed by atoms with E-state index in [1.54, 1.807) is 0 Å². The number of nitrogens with one attached hydrogen (secondary N) is 1. The lowest BCUT2D eigenvalue weighted by Crippen LogP contribution is -3.13. The Balaban J connectivity index is 0.00000106. The second kappa shape index (κ2) is 11.0. The van der Waals surface area contributed by atoms with Gasteiger partial charge in [-0.15, -0.1) is 0 Å². The van der Waals surface area contributed by atoms with Crippen molar-refractivity contribution < 1.29 is 4.90 Å². The van der Waals surface area contributed by atoms with Crippen molar-refractivity contribution in [1.29, 1.82) is 5.26 Å². The summed E-state index contributed by atoms with van der Waals surface area (Å²) in [7, 11) is 0. The van der Waals surface area contributed by atoms with Crippen molar-refractivity contribution in [2.24, 2.45) is 5.92 Å². The molecule has 0 atom stereocenters. The SMILES string of the molecule is CCCCC[NH+]1CCC(CCC)CC1.[C-]#N. The predicted molar refractivity (Wildman–Crippen MR) is 67.7 cm³/mol. The van der Waals surface area contributed by atoms with Crippen LogP contribution in [0.2, 0.25) is 0 Å². The average Bonchev–Trinajstić information content (AvgIpc) is 2.35. The average molecular weight is 224 g/mol. The number of quaternary nitrogens is 1. The number of rotatable bonds is 6. The first-order chi connectivity index (χ1) is 7.86. The monoisotopic (exact) mass is 224 g/mol. The van der Waals surface area contributed by atoms with Crippen LogP contribution in [0.4, 0.5) is 0 Å². The van der Waals surface area contributed by atoms with Crippen molar-refractivity contribution in [2.45, 2.75) is 58.8 Å². The smallest absolute Gasteiger partial charge is 0.0773 e. The molecule has 1 fully saturated rings. The van der Waals surface area contributed by atoms with E-state index in [1.807, 2.05) is 4.90 Å². The summed E-state index contributed by atoms with van der Waals surface area (Å²) in [6.07, 6.45) is 10.1. The summed E-state index contributed by atoms with van der Waals surface area (Å²) in [4.78, 5) is 1.88. The second-order valence-corrected chi connectivity index (χ2v) is 4.94. The number of piperidine rings is 1. The van der Waals surface area contributed by atoms with Crippen molar-refractivity contribution in [3.05, 3.63) is 6.57 Å². The van der Waals surface area contributed by atoms with E-state index in [2.05, 4.69) is 13.8 Å². The Bertz CT molecular complexity index is 157. The van der Waals surface area contributed by atoms with Gasteiger partial charge in [-0.05, 0) is 31.6 Å². The van der Waals surface area contributed by atoms with Gasteiger partial charge in [-0.3, -0.25) is 0 Å². The molecule has 0 saturated carbocycles. The number of hydrogen-bond donors (Lipinski definition) is 1. The number of hydrogen-bond acceptors (Lipinski definition) is 1. The number of nitrogens with zero attached hydrogens (tertiary/aromatic N) is 1. The first kappa shape index (κ1) is 15.4. The molecule has 1 aliphatic rings. The molecule has 0 bridgehead atoms. The van der Waals surface area contributed by atoms with Crippen LogP contribution in [-0.2, 0) is 0 Å². The maximum atomic E-state index is 6.25. The second-order valence-electron chi connectivity index (χ2n) is 4.94. The van der Waals surface area contributed by atoms with Gasteiger partial charge in [0.15, 0.2) is 0 Å². The van der Waals surface area contributed by atoms with Crippen LogP contribution in [0.15, 0.2) is 0 Å². The summed E-state index contributed by atoms with van der Waals surface area (Å²) < 4.78 is 0. The van der Waals surface area contributed by atoms with Crippen molar-refractivity contribution in [3.63, 3.8) is 0 Å². The van der Waals surface area contributed by atoms with Crippen LogP contribution in [0.3, 0.4) is 0 Å². The molecular weight excluding hydrogens is 196 g/mol. The molecular formula is C14H28N2. The minimum absolute atomic E-state index is 1.06. The van der Waals surface area contributed by atoms with Crippen molar-refractivity contribution in [3.8, 4) is 0 Å². The Morgan fingerprint density at radius 2 is 1.69 bits per heavy atom. The molecule has 0 aromatic rings. The van der Waals surface area contributed by atoms with Gasteiger partial charge in [0.25, 0.3) is 0 Å². The highest BCUT2D eigenvalue weighted by Gasteiger charge is 2.20. The molecule has 2 heteroatoms. The fourth-order valence-electron chi connectivity index (χ4n) is 2.66. The molecule has 0 radical (unpaired) electrons. The predicted octanol–water partition coefficient (Wildman–Crippen LogP) is 2.37. The Kier molecular flexibility index (Phi) is 10.6. The van der Waals surface area contributed by atoms with E-state index in [-0.39, 0.29) is 0 Å². The molecule has 0 spiro atoms. The number of unbranched alkanes of at least 4 members (excludes halogenated alkanes) is 2. The van der Waals surface area contributed by atoms with E-state index in [0.29, 0.717) is 0 Å². The van der Waals surface area contributed by atoms with E-state index < -0.39 is 0 Å². The van der Waals surface area contributed by atoms with Gasteiger partial charge in [-0.1, -0.05) is 33.1 Å². The fourth-order valence-corrected chi connectivity index (χ4v) is 2.66. The highest BCUT2D eigenvalue weighted by Crippen LogP contribution is 2.15. The van der Waals surface area contributed by atoms with Gasteiger partial charge in [-0.2, -0.15) is 0 Å². The maximum absolute atomic E-state index is 6.25. The van der Waals surface area contributed by atoms with Crippen LogP contribution in [0.25, 0.3) is 0 Å². The van der Waals surface area contributed by atoms with Crippen LogP contribution in [0.5, 0.6) is 0 Å².